The number of alkyl halides is 1. The number of pyridine rings is 1. The molecule has 70 valence electrons. The van der Waals surface area contributed by atoms with Crippen molar-refractivity contribution in [2.45, 2.75) is 28.2 Å². The van der Waals surface area contributed by atoms with Crippen LogP contribution in [0.15, 0.2) is 30.6 Å². The van der Waals surface area contributed by atoms with Crippen molar-refractivity contribution in [2.75, 3.05) is 0 Å². The van der Waals surface area contributed by atoms with E-state index in [1.807, 2.05) is 0 Å². The lowest BCUT2D eigenvalue weighted by Crippen LogP contribution is -3.00. The molecule has 3 aliphatic rings. The van der Waals surface area contributed by atoms with Gasteiger partial charge in [0.25, 0.3) is 0 Å². The fourth-order valence-corrected chi connectivity index (χ4v) is 4.73. The Hall–Kier alpha value is 0.610. The molecule has 0 spiro atoms. The largest absolute Gasteiger partial charge is 1.00 e. The molecule has 0 saturated heterocycles. The van der Waals surface area contributed by atoms with E-state index >= 15 is 0 Å². The molecular weight excluding hydrogens is 388 g/mol. The zero-order valence-corrected chi connectivity index (χ0v) is 11.5. The van der Waals surface area contributed by atoms with Crippen LogP contribution in [0, 0.1) is 0 Å². The SMILES string of the molecule is IC12CC([n+]3ccccc3)(C1)C2.[I-]. The number of hydrogen-bond donors (Lipinski definition) is 0. The predicted molar refractivity (Wildman–Crippen MR) is 55.2 cm³/mol. The lowest BCUT2D eigenvalue weighted by atomic mass is 9.49. The third-order valence-electron chi connectivity index (χ3n) is 3.20. The Morgan fingerprint density at radius 2 is 1.54 bits per heavy atom. The average Bonchev–Trinajstić information content (AvgIpc) is 1.99. The summed E-state index contributed by atoms with van der Waals surface area (Å²) in [4.78, 5) is 0. The molecule has 1 heterocycles. The predicted octanol–water partition coefficient (Wildman–Crippen LogP) is -0.955. The first-order chi connectivity index (χ1) is 5.73. The Morgan fingerprint density at radius 3 is 2.00 bits per heavy atom. The summed E-state index contributed by atoms with van der Waals surface area (Å²) in [5.74, 6) is 0. The molecule has 0 N–H and O–H groups in total. The molecule has 0 amide bonds. The lowest BCUT2D eigenvalue weighted by Gasteiger charge is -2.62. The maximum absolute atomic E-state index is 2.62. The summed E-state index contributed by atoms with van der Waals surface area (Å²) in [6, 6.07) is 6.34. The van der Waals surface area contributed by atoms with Crippen LogP contribution in [0.3, 0.4) is 0 Å². The number of aromatic nitrogens is 1. The minimum atomic E-state index is 0. The number of nitrogens with zero attached hydrogens (tertiary/aromatic N) is 1. The first-order valence-corrected chi connectivity index (χ1v) is 5.46. The third kappa shape index (κ3) is 1.33. The van der Waals surface area contributed by atoms with E-state index in [4.69, 9.17) is 0 Å². The molecule has 0 unspecified atom stereocenters. The molecule has 13 heavy (non-hydrogen) atoms. The first kappa shape index (κ1) is 10.1. The highest BCUT2D eigenvalue weighted by Gasteiger charge is 2.73. The summed E-state index contributed by atoms with van der Waals surface area (Å²) >= 11 is 2.62. The summed E-state index contributed by atoms with van der Waals surface area (Å²) in [5.41, 5.74) is 0.530. The van der Waals surface area contributed by atoms with Gasteiger partial charge in [-0.25, -0.2) is 0 Å². The first-order valence-electron chi connectivity index (χ1n) is 4.38. The van der Waals surface area contributed by atoms with Crippen molar-refractivity contribution in [1.82, 2.24) is 0 Å². The van der Waals surface area contributed by atoms with Gasteiger partial charge in [-0.3, -0.25) is 0 Å². The van der Waals surface area contributed by atoms with Gasteiger partial charge >= 0.3 is 0 Å². The molecule has 1 aromatic rings. The van der Waals surface area contributed by atoms with E-state index in [1.54, 1.807) is 0 Å². The van der Waals surface area contributed by atoms with Crippen molar-refractivity contribution in [3.8, 4) is 0 Å². The van der Waals surface area contributed by atoms with Gasteiger partial charge in [0.05, 0.1) is 0 Å². The molecule has 1 nitrogen and oxygen atoms in total. The van der Waals surface area contributed by atoms with Crippen molar-refractivity contribution >= 4 is 22.6 Å². The highest BCUT2D eigenvalue weighted by Crippen LogP contribution is 2.67. The van der Waals surface area contributed by atoms with E-state index in [2.05, 4.69) is 57.8 Å². The van der Waals surface area contributed by atoms with E-state index in [0.29, 0.717) is 8.96 Å². The van der Waals surface area contributed by atoms with Crippen molar-refractivity contribution in [3.05, 3.63) is 30.6 Å². The zero-order valence-electron chi connectivity index (χ0n) is 7.21. The summed E-state index contributed by atoms with van der Waals surface area (Å²) < 4.78 is 3.08. The summed E-state index contributed by atoms with van der Waals surface area (Å²) in [7, 11) is 0. The van der Waals surface area contributed by atoms with Gasteiger partial charge in [0, 0.05) is 34.8 Å². The average molecular weight is 399 g/mol. The van der Waals surface area contributed by atoms with Crippen LogP contribution in [-0.4, -0.2) is 3.42 Å². The van der Waals surface area contributed by atoms with Crippen molar-refractivity contribution in [2.24, 2.45) is 0 Å². The quantitative estimate of drug-likeness (QED) is 0.326. The standard InChI is InChI=1S/C10H11IN.HI/c11-9-6-10(7-9,8-9)12-4-2-1-3-5-12;/h1-5H,6-8H2;1H/q+1;/p-1. The Bertz CT molecular complexity index is 303. The monoisotopic (exact) mass is 399 g/mol. The highest BCUT2D eigenvalue weighted by atomic mass is 127. The minimum Gasteiger partial charge on any atom is -1.00 e. The Labute approximate surface area is 109 Å². The second-order valence-electron chi connectivity index (χ2n) is 4.19. The Morgan fingerprint density at radius 1 is 1.00 bits per heavy atom. The van der Waals surface area contributed by atoms with Crippen LogP contribution in [0.2, 0.25) is 0 Å². The van der Waals surface area contributed by atoms with E-state index in [9.17, 15) is 0 Å². The van der Waals surface area contributed by atoms with Crippen LogP contribution in [0.4, 0.5) is 0 Å². The fraction of sp³-hybridized carbons (Fsp3) is 0.500. The van der Waals surface area contributed by atoms with Gasteiger partial charge in [0.2, 0.25) is 0 Å². The number of hydrogen-bond acceptors (Lipinski definition) is 0. The maximum atomic E-state index is 2.62. The van der Waals surface area contributed by atoms with E-state index in [1.165, 1.54) is 19.3 Å². The topological polar surface area (TPSA) is 3.88 Å². The van der Waals surface area contributed by atoms with Crippen molar-refractivity contribution in [1.29, 1.82) is 0 Å². The highest BCUT2D eigenvalue weighted by molar-refractivity contribution is 14.1. The van der Waals surface area contributed by atoms with Crippen LogP contribution in [0.5, 0.6) is 0 Å². The van der Waals surface area contributed by atoms with Gasteiger partial charge in [-0.05, 0) is 0 Å². The molecule has 3 saturated carbocycles. The summed E-state index contributed by atoms with van der Waals surface area (Å²) in [6.07, 6.45) is 8.56. The maximum Gasteiger partial charge on any atom is 0.171 e. The summed E-state index contributed by atoms with van der Waals surface area (Å²) in [5, 5.41) is 0. The van der Waals surface area contributed by atoms with Gasteiger partial charge in [0.15, 0.2) is 17.9 Å². The molecule has 3 fully saturated rings. The van der Waals surface area contributed by atoms with Gasteiger partial charge < -0.3 is 24.0 Å². The zero-order chi connectivity index (χ0) is 8.23. The van der Waals surface area contributed by atoms with Crippen LogP contribution in [-0.2, 0) is 5.54 Å². The second kappa shape index (κ2) is 3.05. The molecule has 3 heteroatoms. The van der Waals surface area contributed by atoms with E-state index in [0.717, 1.165) is 0 Å². The molecule has 3 aliphatic carbocycles. The molecule has 2 bridgehead atoms. The second-order valence-corrected chi connectivity index (χ2v) is 6.48. The number of halogens is 2. The third-order valence-corrected chi connectivity index (χ3v) is 4.35. The normalized spacial score (nSPS) is 39.8. The van der Waals surface area contributed by atoms with E-state index < -0.39 is 0 Å². The van der Waals surface area contributed by atoms with Gasteiger partial charge in [-0.15, -0.1) is 0 Å². The van der Waals surface area contributed by atoms with Crippen molar-refractivity contribution < 1.29 is 28.5 Å². The van der Waals surface area contributed by atoms with Gasteiger partial charge in [-0.2, -0.15) is 4.57 Å². The molecule has 0 aliphatic heterocycles. The van der Waals surface area contributed by atoms with Gasteiger partial charge in [-0.1, -0.05) is 28.7 Å². The molecule has 0 atom stereocenters. The van der Waals surface area contributed by atoms with E-state index in [-0.39, 0.29) is 24.0 Å². The fourth-order valence-electron chi connectivity index (χ4n) is 2.60. The molecular formula is C10H11I2N. The molecule has 0 radical (unpaired) electrons. The van der Waals surface area contributed by atoms with Crippen LogP contribution in [0.25, 0.3) is 0 Å². The lowest BCUT2D eigenvalue weighted by molar-refractivity contribution is -0.800. The van der Waals surface area contributed by atoms with Crippen LogP contribution < -0.4 is 28.5 Å². The van der Waals surface area contributed by atoms with Crippen molar-refractivity contribution in [3.63, 3.8) is 0 Å². The smallest absolute Gasteiger partial charge is 0.171 e. The van der Waals surface area contributed by atoms with Gasteiger partial charge in [0.1, 0.15) is 0 Å². The molecule has 0 aromatic carbocycles. The van der Waals surface area contributed by atoms with Crippen LogP contribution in [0.1, 0.15) is 19.3 Å². The molecule has 4 rings (SSSR count). The number of rotatable bonds is 1. The van der Waals surface area contributed by atoms with Crippen LogP contribution >= 0.6 is 22.6 Å². The Kier molecular flexibility index (Phi) is 2.38. The summed E-state index contributed by atoms with van der Waals surface area (Å²) in [6.45, 7) is 0. The minimum absolute atomic E-state index is 0. The molecule has 1 aromatic heterocycles. The Balaban J connectivity index is 0.000000653.